The van der Waals surface area contributed by atoms with Gasteiger partial charge in [-0.3, -0.25) is 9.59 Å². The highest BCUT2D eigenvalue weighted by atomic mass is 79.9. The SMILES string of the molecule is Cc1cc(C)cc(NC2CC(=O)N(c3ccc(Br)cc3)C2=O)c1. The second-order valence-corrected chi connectivity index (χ2v) is 6.74. The molecule has 1 saturated heterocycles. The number of halogens is 1. The number of carbonyl (C=O) groups excluding carboxylic acids is 2. The van der Waals surface area contributed by atoms with E-state index in [0.717, 1.165) is 21.3 Å². The molecule has 1 aliphatic heterocycles. The van der Waals surface area contributed by atoms with Gasteiger partial charge in [-0.25, -0.2) is 4.90 Å². The lowest BCUT2D eigenvalue weighted by Gasteiger charge is -2.16. The van der Waals surface area contributed by atoms with Gasteiger partial charge in [0.25, 0.3) is 5.91 Å². The molecule has 1 heterocycles. The summed E-state index contributed by atoms with van der Waals surface area (Å²) in [7, 11) is 0. The lowest BCUT2D eigenvalue weighted by atomic mass is 10.1. The van der Waals surface area contributed by atoms with Crippen molar-refractivity contribution in [2.45, 2.75) is 26.3 Å². The van der Waals surface area contributed by atoms with Crippen LogP contribution >= 0.6 is 15.9 Å². The Morgan fingerprint density at radius 3 is 2.26 bits per heavy atom. The topological polar surface area (TPSA) is 49.4 Å². The molecule has 2 amide bonds. The number of nitrogens with zero attached hydrogens (tertiary/aromatic N) is 1. The molecule has 1 aliphatic rings. The third-order valence-corrected chi connectivity index (χ3v) is 4.32. The van der Waals surface area contributed by atoms with Crippen LogP contribution in [0.25, 0.3) is 0 Å². The molecule has 0 radical (unpaired) electrons. The van der Waals surface area contributed by atoms with Crippen molar-refractivity contribution in [2.75, 3.05) is 10.2 Å². The minimum absolute atomic E-state index is 0.169. The molecule has 118 valence electrons. The number of aryl methyl sites for hydroxylation is 2. The molecule has 2 aromatic carbocycles. The monoisotopic (exact) mass is 372 g/mol. The maximum atomic E-state index is 12.6. The lowest BCUT2D eigenvalue weighted by Crippen LogP contribution is -2.34. The average Bonchev–Trinajstić information content (AvgIpc) is 2.74. The average molecular weight is 373 g/mol. The fraction of sp³-hybridized carbons (Fsp3) is 0.222. The van der Waals surface area contributed by atoms with E-state index in [-0.39, 0.29) is 18.2 Å². The summed E-state index contributed by atoms with van der Waals surface area (Å²) in [5.41, 5.74) is 3.71. The van der Waals surface area contributed by atoms with Gasteiger partial charge in [-0.05, 0) is 61.4 Å². The molecular formula is C18H17BrN2O2. The summed E-state index contributed by atoms with van der Waals surface area (Å²) in [5.74, 6) is -0.393. The summed E-state index contributed by atoms with van der Waals surface area (Å²) in [5, 5.41) is 3.19. The summed E-state index contributed by atoms with van der Waals surface area (Å²) < 4.78 is 0.908. The normalized spacial score (nSPS) is 17.7. The first kappa shape index (κ1) is 15.7. The molecule has 1 fully saturated rings. The number of carbonyl (C=O) groups is 2. The van der Waals surface area contributed by atoms with Gasteiger partial charge in [0.1, 0.15) is 6.04 Å². The van der Waals surface area contributed by atoms with Crippen LogP contribution in [0.5, 0.6) is 0 Å². The zero-order valence-electron chi connectivity index (χ0n) is 13.0. The number of imide groups is 1. The molecule has 0 saturated carbocycles. The van der Waals surface area contributed by atoms with Crippen LogP contribution in [0.2, 0.25) is 0 Å². The number of anilines is 2. The second kappa shape index (κ2) is 6.16. The van der Waals surface area contributed by atoms with Crippen molar-refractivity contribution in [3.63, 3.8) is 0 Å². The highest BCUT2D eigenvalue weighted by Gasteiger charge is 2.39. The largest absolute Gasteiger partial charge is 0.373 e. The number of rotatable bonds is 3. The van der Waals surface area contributed by atoms with Gasteiger partial charge in [0.15, 0.2) is 0 Å². The standard InChI is InChI=1S/C18H17BrN2O2/c1-11-7-12(2)9-14(8-11)20-16-10-17(22)21(18(16)23)15-5-3-13(19)4-6-15/h3-9,16,20H,10H2,1-2H3. The lowest BCUT2D eigenvalue weighted by molar-refractivity contribution is -0.121. The zero-order chi connectivity index (χ0) is 16.6. The number of amides is 2. The first-order valence-electron chi connectivity index (χ1n) is 7.41. The van der Waals surface area contributed by atoms with Crippen molar-refractivity contribution >= 4 is 39.1 Å². The van der Waals surface area contributed by atoms with E-state index in [1.807, 2.05) is 38.1 Å². The summed E-state index contributed by atoms with van der Waals surface area (Å²) >= 11 is 3.35. The Morgan fingerprint density at radius 2 is 1.65 bits per heavy atom. The first-order valence-corrected chi connectivity index (χ1v) is 8.20. The Morgan fingerprint density at radius 1 is 1.04 bits per heavy atom. The van der Waals surface area contributed by atoms with E-state index in [1.165, 1.54) is 4.90 Å². The third kappa shape index (κ3) is 3.29. The van der Waals surface area contributed by atoms with E-state index in [9.17, 15) is 9.59 Å². The van der Waals surface area contributed by atoms with E-state index in [4.69, 9.17) is 0 Å². The fourth-order valence-electron chi connectivity index (χ4n) is 2.87. The van der Waals surface area contributed by atoms with Crippen LogP contribution < -0.4 is 10.2 Å². The minimum Gasteiger partial charge on any atom is -0.373 e. The van der Waals surface area contributed by atoms with Crippen LogP contribution in [-0.4, -0.2) is 17.9 Å². The quantitative estimate of drug-likeness (QED) is 0.833. The fourth-order valence-corrected chi connectivity index (χ4v) is 3.13. The van der Waals surface area contributed by atoms with Gasteiger partial charge < -0.3 is 5.32 Å². The smallest absolute Gasteiger partial charge is 0.256 e. The Balaban J connectivity index is 1.82. The molecule has 0 aliphatic carbocycles. The van der Waals surface area contributed by atoms with Gasteiger partial charge in [-0.15, -0.1) is 0 Å². The van der Waals surface area contributed by atoms with Gasteiger partial charge in [-0.1, -0.05) is 22.0 Å². The van der Waals surface area contributed by atoms with Crippen LogP contribution in [-0.2, 0) is 9.59 Å². The molecule has 1 unspecified atom stereocenters. The second-order valence-electron chi connectivity index (χ2n) is 5.82. The van der Waals surface area contributed by atoms with Crippen LogP contribution in [0.4, 0.5) is 11.4 Å². The molecule has 2 aromatic rings. The Hall–Kier alpha value is -2.14. The van der Waals surface area contributed by atoms with E-state index in [1.54, 1.807) is 12.1 Å². The number of hydrogen-bond acceptors (Lipinski definition) is 3. The maximum absolute atomic E-state index is 12.6. The van der Waals surface area contributed by atoms with Crippen molar-refractivity contribution < 1.29 is 9.59 Å². The zero-order valence-corrected chi connectivity index (χ0v) is 14.6. The first-order chi connectivity index (χ1) is 10.9. The Kier molecular flexibility index (Phi) is 4.22. The van der Waals surface area contributed by atoms with Gasteiger partial charge in [0.2, 0.25) is 5.91 Å². The summed E-state index contributed by atoms with van der Waals surface area (Å²) in [4.78, 5) is 26.1. The van der Waals surface area contributed by atoms with Crippen molar-refractivity contribution in [3.8, 4) is 0 Å². The van der Waals surface area contributed by atoms with Gasteiger partial charge in [0.05, 0.1) is 12.1 Å². The molecule has 3 rings (SSSR count). The highest BCUT2D eigenvalue weighted by Crippen LogP contribution is 2.26. The number of nitrogens with one attached hydrogen (secondary N) is 1. The van der Waals surface area contributed by atoms with Crippen LogP contribution in [0.3, 0.4) is 0 Å². The highest BCUT2D eigenvalue weighted by molar-refractivity contribution is 9.10. The van der Waals surface area contributed by atoms with E-state index >= 15 is 0 Å². The summed E-state index contributed by atoms with van der Waals surface area (Å²) in [6.07, 6.45) is 0.169. The third-order valence-electron chi connectivity index (χ3n) is 3.79. The van der Waals surface area contributed by atoms with Crippen molar-refractivity contribution in [3.05, 3.63) is 58.1 Å². The summed E-state index contributed by atoms with van der Waals surface area (Å²) in [6.45, 7) is 4.02. The molecule has 0 bridgehead atoms. The number of benzene rings is 2. The van der Waals surface area contributed by atoms with Crippen molar-refractivity contribution in [1.82, 2.24) is 0 Å². The Bertz CT molecular complexity index is 751. The van der Waals surface area contributed by atoms with Gasteiger partial charge >= 0.3 is 0 Å². The van der Waals surface area contributed by atoms with Crippen molar-refractivity contribution in [1.29, 1.82) is 0 Å². The van der Waals surface area contributed by atoms with E-state index < -0.39 is 6.04 Å². The maximum Gasteiger partial charge on any atom is 0.256 e. The molecule has 5 heteroatoms. The van der Waals surface area contributed by atoms with Gasteiger partial charge in [0, 0.05) is 10.2 Å². The molecular weight excluding hydrogens is 356 g/mol. The van der Waals surface area contributed by atoms with Crippen molar-refractivity contribution in [2.24, 2.45) is 0 Å². The van der Waals surface area contributed by atoms with E-state index in [0.29, 0.717) is 5.69 Å². The van der Waals surface area contributed by atoms with Crippen LogP contribution in [0.15, 0.2) is 46.9 Å². The molecule has 1 N–H and O–H groups in total. The molecule has 0 aromatic heterocycles. The minimum atomic E-state index is -0.521. The van der Waals surface area contributed by atoms with Crippen LogP contribution in [0, 0.1) is 13.8 Å². The Labute approximate surface area is 143 Å². The molecule has 4 nitrogen and oxygen atoms in total. The van der Waals surface area contributed by atoms with Gasteiger partial charge in [-0.2, -0.15) is 0 Å². The summed E-state index contributed by atoms with van der Waals surface area (Å²) in [6, 6.07) is 12.7. The molecule has 23 heavy (non-hydrogen) atoms. The van der Waals surface area contributed by atoms with Crippen LogP contribution in [0.1, 0.15) is 17.5 Å². The molecule has 0 spiro atoms. The predicted octanol–water partition coefficient (Wildman–Crippen LogP) is 3.81. The number of hydrogen-bond donors (Lipinski definition) is 1. The predicted molar refractivity (Wildman–Crippen MR) is 94.6 cm³/mol. The molecule has 1 atom stereocenters. The van der Waals surface area contributed by atoms with E-state index in [2.05, 4.69) is 27.3 Å².